The Labute approximate surface area is 223 Å². The van der Waals surface area contributed by atoms with Crippen LogP contribution < -0.4 is 14.4 Å². The van der Waals surface area contributed by atoms with Gasteiger partial charge in [0.2, 0.25) is 21.8 Å². The number of carbonyl (C=O) groups is 2. The van der Waals surface area contributed by atoms with E-state index in [1.807, 2.05) is 38.1 Å². The number of benzene rings is 2. The van der Waals surface area contributed by atoms with Crippen molar-refractivity contribution in [2.24, 2.45) is 0 Å². The Morgan fingerprint density at radius 1 is 1.06 bits per heavy atom. The molecule has 2 aromatic carbocycles. The third-order valence-electron chi connectivity index (χ3n) is 5.95. The van der Waals surface area contributed by atoms with Crippen molar-refractivity contribution >= 4 is 43.5 Å². The van der Waals surface area contributed by atoms with Gasteiger partial charge in [-0.15, -0.1) is 0 Å². The number of ether oxygens (including phenoxy) is 1. The fraction of sp³-hybridized carbons (Fsp3) is 0.462. The maximum Gasteiger partial charge on any atom is 0.242 e. The SMILES string of the molecule is CC[C@@H](C)NC(=O)[C@@H](C)N(Cc1ccc(Br)cc1)C(=O)CCCN(c1ccc(OC)cc1)S(C)(=O)=O. The van der Waals surface area contributed by atoms with Crippen LogP contribution in [0.2, 0.25) is 0 Å². The predicted octanol–water partition coefficient (Wildman–Crippen LogP) is 4.34. The minimum Gasteiger partial charge on any atom is -0.497 e. The monoisotopic (exact) mass is 581 g/mol. The van der Waals surface area contributed by atoms with E-state index >= 15 is 0 Å². The Morgan fingerprint density at radius 2 is 1.67 bits per heavy atom. The van der Waals surface area contributed by atoms with Crippen molar-refractivity contribution < 1.29 is 22.7 Å². The van der Waals surface area contributed by atoms with Crippen LogP contribution >= 0.6 is 15.9 Å². The minimum absolute atomic E-state index is 0.00241. The second-order valence-corrected chi connectivity index (χ2v) is 11.6. The summed E-state index contributed by atoms with van der Waals surface area (Å²) in [5.41, 5.74) is 1.39. The Balaban J connectivity index is 2.16. The highest BCUT2D eigenvalue weighted by molar-refractivity contribution is 9.10. The van der Waals surface area contributed by atoms with E-state index in [1.54, 1.807) is 43.2 Å². The fourth-order valence-electron chi connectivity index (χ4n) is 3.59. The topological polar surface area (TPSA) is 96.0 Å². The Hall–Kier alpha value is -2.59. The number of sulfonamides is 1. The van der Waals surface area contributed by atoms with Crippen LogP contribution in [0, 0.1) is 0 Å². The maximum absolute atomic E-state index is 13.3. The van der Waals surface area contributed by atoms with Gasteiger partial charge in [-0.2, -0.15) is 0 Å². The zero-order valence-electron chi connectivity index (χ0n) is 21.5. The lowest BCUT2D eigenvalue weighted by Crippen LogP contribution is -2.49. The van der Waals surface area contributed by atoms with Gasteiger partial charge in [0, 0.05) is 30.0 Å². The average Bonchev–Trinajstić information content (AvgIpc) is 2.85. The number of hydrogen-bond acceptors (Lipinski definition) is 5. The molecule has 2 rings (SSSR count). The quantitative estimate of drug-likeness (QED) is 0.379. The molecule has 2 atom stereocenters. The van der Waals surface area contributed by atoms with Gasteiger partial charge in [0.15, 0.2) is 0 Å². The molecular weight excluding hydrogens is 546 g/mol. The molecule has 0 saturated carbocycles. The molecule has 0 heterocycles. The molecule has 0 aliphatic carbocycles. The molecule has 8 nitrogen and oxygen atoms in total. The molecule has 36 heavy (non-hydrogen) atoms. The predicted molar refractivity (Wildman–Crippen MR) is 146 cm³/mol. The van der Waals surface area contributed by atoms with Crippen molar-refractivity contribution in [3.05, 3.63) is 58.6 Å². The highest BCUT2D eigenvalue weighted by Crippen LogP contribution is 2.22. The summed E-state index contributed by atoms with van der Waals surface area (Å²) in [6, 6.07) is 13.6. The van der Waals surface area contributed by atoms with Gasteiger partial charge >= 0.3 is 0 Å². The molecule has 0 saturated heterocycles. The summed E-state index contributed by atoms with van der Waals surface area (Å²) in [4.78, 5) is 27.7. The first-order valence-electron chi connectivity index (χ1n) is 11.9. The number of amides is 2. The first-order valence-corrected chi connectivity index (χ1v) is 14.6. The van der Waals surface area contributed by atoms with E-state index in [0.29, 0.717) is 17.9 Å². The second-order valence-electron chi connectivity index (χ2n) is 8.78. The Morgan fingerprint density at radius 3 is 2.19 bits per heavy atom. The highest BCUT2D eigenvalue weighted by atomic mass is 79.9. The molecule has 2 amide bonds. The molecule has 0 fully saturated rings. The molecular formula is C26H36BrN3O5S. The number of hydrogen-bond donors (Lipinski definition) is 1. The molecule has 0 spiro atoms. The summed E-state index contributed by atoms with van der Waals surface area (Å²) >= 11 is 3.41. The van der Waals surface area contributed by atoms with E-state index in [2.05, 4.69) is 21.2 Å². The summed E-state index contributed by atoms with van der Waals surface area (Å²) in [6.45, 7) is 6.03. The van der Waals surface area contributed by atoms with Crippen molar-refractivity contribution in [2.75, 3.05) is 24.2 Å². The summed E-state index contributed by atoms with van der Waals surface area (Å²) in [5, 5.41) is 2.95. The largest absolute Gasteiger partial charge is 0.497 e. The number of methoxy groups -OCH3 is 1. The van der Waals surface area contributed by atoms with Gasteiger partial charge in [-0.1, -0.05) is 35.0 Å². The lowest BCUT2D eigenvalue weighted by atomic mass is 10.1. The van der Waals surface area contributed by atoms with E-state index < -0.39 is 16.1 Å². The third kappa shape index (κ3) is 8.81. The van der Waals surface area contributed by atoms with Crippen molar-refractivity contribution in [2.45, 2.75) is 58.7 Å². The number of nitrogens with one attached hydrogen (secondary N) is 1. The summed E-state index contributed by atoms with van der Waals surface area (Å²) in [6.07, 6.45) is 2.32. The van der Waals surface area contributed by atoms with Gasteiger partial charge in [-0.05, 0) is 68.7 Å². The van der Waals surface area contributed by atoms with Crippen LogP contribution in [0.4, 0.5) is 5.69 Å². The number of nitrogens with zero attached hydrogens (tertiary/aromatic N) is 2. The van der Waals surface area contributed by atoms with E-state index in [1.165, 1.54) is 4.31 Å². The molecule has 0 unspecified atom stereocenters. The summed E-state index contributed by atoms with van der Waals surface area (Å²) in [7, 11) is -2.01. The third-order valence-corrected chi connectivity index (χ3v) is 7.67. The standard InChI is InChI=1S/C26H36BrN3O5S/c1-6-19(2)28-26(32)20(3)29(18-21-9-11-22(27)12-10-21)25(31)8-7-17-30(36(5,33)34)23-13-15-24(35-4)16-14-23/h9-16,19-20H,6-8,17-18H2,1-5H3,(H,28,32)/t19-,20-/m1/s1. The molecule has 0 aliphatic heterocycles. The van der Waals surface area contributed by atoms with Gasteiger partial charge in [0.25, 0.3) is 0 Å². The molecule has 0 aromatic heterocycles. The van der Waals surface area contributed by atoms with Gasteiger partial charge in [0.05, 0.1) is 19.1 Å². The number of rotatable bonds is 13. The average molecular weight is 583 g/mol. The van der Waals surface area contributed by atoms with Crippen LogP contribution in [-0.4, -0.2) is 57.1 Å². The van der Waals surface area contributed by atoms with Crippen molar-refractivity contribution in [3.8, 4) is 5.75 Å². The lowest BCUT2D eigenvalue weighted by molar-refractivity contribution is -0.140. The van der Waals surface area contributed by atoms with Gasteiger partial charge in [0.1, 0.15) is 11.8 Å². The summed E-state index contributed by atoms with van der Waals surface area (Å²) < 4.78 is 32.2. The Bertz CT molecular complexity index is 1110. The van der Waals surface area contributed by atoms with E-state index in [4.69, 9.17) is 4.74 Å². The van der Waals surface area contributed by atoms with E-state index in [0.717, 1.165) is 22.7 Å². The smallest absolute Gasteiger partial charge is 0.242 e. The zero-order chi connectivity index (χ0) is 26.9. The van der Waals surface area contributed by atoms with Gasteiger partial charge < -0.3 is 15.0 Å². The second kappa shape index (κ2) is 13.6. The van der Waals surface area contributed by atoms with Crippen molar-refractivity contribution in [3.63, 3.8) is 0 Å². The number of carbonyl (C=O) groups excluding carboxylic acids is 2. The Kier molecular flexibility index (Phi) is 11.2. The fourth-order valence-corrected chi connectivity index (χ4v) is 4.82. The molecule has 10 heteroatoms. The zero-order valence-corrected chi connectivity index (χ0v) is 23.9. The minimum atomic E-state index is -3.56. The van der Waals surface area contributed by atoms with Crippen LogP contribution in [0.15, 0.2) is 53.0 Å². The molecule has 0 bridgehead atoms. The van der Waals surface area contributed by atoms with E-state index in [9.17, 15) is 18.0 Å². The normalized spacial score (nSPS) is 12.9. The van der Waals surface area contributed by atoms with Crippen LogP contribution in [-0.2, 0) is 26.2 Å². The molecule has 198 valence electrons. The van der Waals surface area contributed by atoms with Crippen LogP contribution in [0.25, 0.3) is 0 Å². The highest BCUT2D eigenvalue weighted by Gasteiger charge is 2.27. The van der Waals surface area contributed by atoms with Crippen molar-refractivity contribution in [1.82, 2.24) is 10.2 Å². The summed E-state index contributed by atoms with van der Waals surface area (Å²) in [5.74, 6) is 0.189. The van der Waals surface area contributed by atoms with Gasteiger partial charge in [-0.3, -0.25) is 13.9 Å². The van der Waals surface area contributed by atoms with Crippen LogP contribution in [0.5, 0.6) is 5.75 Å². The molecule has 1 N–H and O–H groups in total. The molecule has 0 aliphatic rings. The van der Waals surface area contributed by atoms with E-state index in [-0.39, 0.29) is 37.4 Å². The van der Waals surface area contributed by atoms with Gasteiger partial charge in [-0.25, -0.2) is 8.42 Å². The molecule has 0 radical (unpaired) electrons. The molecule has 2 aromatic rings. The van der Waals surface area contributed by atoms with Crippen molar-refractivity contribution in [1.29, 1.82) is 0 Å². The maximum atomic E-state index is 13.3. The first-order chi connectivity index (χ1) is 17.0. The number of anilines is 1. The number of halogens is 1. The lowest BCUT2D eigenvalue weighted by Gasteiger charge is -2.30. The van der Waals surface area contributed by atoms with Crippen LogP contribution in [0.3, 0.4) is 0 Å². The first kappa shape index (κ1) is 29.6. The van der Waals surface area contributed by atoms with Crippen LogP contribution in [0.1, 0.15) is 45.6 Å².